The number of carbonyl (C=O) groups is 1. The predicted molar refractivity (Wildman–Crippen MR) is 112 cm³/mol. The fraction of sp³-hybridized carbons (Fsp3) is 0.391. The zero-order chi connectivity index (χ0) is 19.3. The van der Waals surface area contributed by atoms with Gasteiger partial charge in [0.1, 0.15) is 0 Å². The van der Waals surface area contributed by atoms with Gasteiger partial charge in [0.15, 0.2) is 0 Å². The summed E-state index contributed by atoms with van der Waals surface area (Å²) >= 11 is 0. The van der Waals surface area contributed by atoms with Gasteiger partial charge in [0, 0.05) is 39.1 Å². The lowest BCUT2D eigenvalue weighted by Crippen LogP contribution is -2.49. The average Bonchev–Trinajstić information content (AvgIpc) is 3.22. The van der Waals surface area contributed by atoms with Crippen LogP contribution in [0, 0.1) is 6.92 Å². The molecule has 5 nitrogen and oxygen atoms in total. The maximum atomic E-state index is 12.7. The minimum atomic E-state index is 0.110. The third kappa shape index (κ3) is 4.49. The molecule has 1 amide bonds. The first-order valence-corrected chi connectivity index (χ1v) is 10.1. The molecule has 146 valence electrons. The number of hydrogen-bond acceptors (Lipinski definition) is 4. The third-order valence-electron chi connectivity index (χ3n) is 5.68. The van der Waals surface area contributed by atoms with Gasteiger partial charge in [-0.2, -0.15) is 5.10 Å². The summed E-state index contributed by atoms with van der Waals surface area (Å²) in [4.78, 5) is 17.4. The second-order valence-corrected chi connectivity index (χ2v) is 7.66. The highest BCUT2D eigenvalue weighted by Gasteiger charge is 2.25. The lowest BCUT2D eigenvalue weighted by Gasteiger charge is -2.34. The molecule has 5 heteroatoms. The predicted octanol–water partition coefficient (Wildman–Crippen LogP) is 2.75. The average molecular weight is 377 g/mol. The first-order valence-electron chi connectivity index (χ1n) is 10.1. The molecule has 0 spiro atoms. The molecule has 2 aromatic rings. The van der Waals surface area contributed by atoms with Crippen LogP contribution in [0.5, 0.6) is 0 Å². The highest BCUT2D eigenvalue weighted by atomic mass is 16.2. The molecule has 2 aromatic carbocycles. The fourth-order valence-corrected chi connectivity index (χ4v) is 3.88. The van der Waals surface area contributed by atoms with Crippen molar-refractivity contribution in [2.75, 3.05) is 39.3 Å². The maximum Gasteiger partial charge on any atom is 0.256 e. The summed E-state index contributed by atoms with van der Waals surface area (Å²) in [5.41, 5.74) is 4.87. The summed E-state index contributed by atoms with van der Waals surface area (Å²) in [6.07, 6.45) is 0.833. The Morgan fingerprint density at radius 2 is 1.57 bits per heavy atom. The molecular weight excluding hydrogens is 348 g/mol. The molecule has 2 aliphatic heterocycles. The van der Waals surface area contributed by atoms with Crippen LogP contribution in [0.2, 0.25) is 0 Å². The van der Waals surface area contributed by atoms with E-state index in [4.69, 9.17) is 0 Å². The van der Waals surface area contributed by atoms with E-state index in [9.17, 15) is 4.79 Å². The van der Waals surface area contributed by atoms with Crippen LogP contribution in [0.1, 0.15) is 23.1 Å². The van der Waals surface area contributed by atoms with Gasteiger partial charge in [-0.25, -0.2) is 5.01 Å². The number of hydrazone groups is 1. The van der Waals surface area contributed by atoms with Gasteiger partial charge in [0.25, 0.3) is 5.91 Å². The number of nitrogens with zero attached hydrogens (tertiary/aromatic N) is 4. The normalized spacial score (nSPS) is 18.3. The van der Waals surface area contributed by atoms with E-state index >= 15 is 0 Å². The SMILES string of the molecule is Cc1ccccc1CN1CCN(CC(=O)N2CCC(c3ccccc3)=N2)CC1. The maximum absolute atomic E-state index is 12.7. The van der Waals surface area contributed by atoms with E-state index in [0.717, 1.165) is 50.4 Å². The van der Waals surface area contributed by atoms with Crippen LogP contribution in [-0.2, 0) is 11.3 Å². The standard InChI is InChI=1S/C23H28N4O/c1-19-7-5-6-10-21(19)17-25-13-15-26(16-14-25)18-23(28)27-12-11-22(24-27)20-8-3-2-4-9-20/h2-10H,11-18H2,1H3. The highest BCUT2D eigenvalue weighted by Crippen LogP contribution is 2.15. The minimum Gasteiger partial charge on any atom is -0.297 e. The number of aryl methyl sites for hydroxylation is 1. The quantitative estimate of drug-likeness (QED) is 0.806. The van der Waals surface area contributed by atoms with Gasteiger partial charge in [-0.1, -0.05) is 54.6 Å². The smallest absolute Gasteiger partial charge is 0.256 e. The second-order valence-electron chi connectivity index (χ2n) is 7.66. The summed E-state index contributed by atoms with van der Waals surface area (Å²) in [5.74, 6) is 0.110. The van der Waals surface area contributed by atoms with Crippen molar-refractivity contribution in [2.45, 2.75) is 19.9 Å². The largest absolute Gasteiger partial charge is 0.297 e. The van der Waals surface area contributed by atoms with E-state index in [1.165, 1.54) is 11.1 Å². The number of hydrogen-bond donors (Lipinski definition) is 0. The van der Waals surface area contributed by atoms with Gasteiger partial charge in [-0.3, -0.25) is 14.6 Å². The Balaban J connectivity index is 1.26. The Morgan fingerprint density at radius 3 is 2.32 bits per heavy atom. The molecule has 1 fully saturated rings. The van der Waals surface area contributed by atoms with E-state index in [-0.39, 0.29) is 5.91 Å². The number of piperazine rings is 1. The van der Waals surface area contributed by atoms with Crippen molar-refractivity contribution in [2.24, 2.45) is 5.10 Å². The van der Waals surface area contributed by atoms with Gasteiger partial charge < -0.3 is 0 Å². The molecule has 2 aliphatic rings. The molecule has 0 atom stereocenters. The summed E-state index contributed by atoms with van der Waals surface area (Å²) < 4.78 is 0. The van der Waals surface area contributed by atoms with Gasteiger partial charge in [0.05, 0.1) is 18.8 Å². The summed E-state index contributed by atoms with van der Waals surface area (Å²) in [6, 6.07) is 18.7. The molecule has 0 bridgehead atoms. The van der Waals surface area contributed by atoms with Crippen LogP contribution in [-0.4, -0.2) is 65.7 Å². The Kier molecular flexibility index (Phi) is 5.84. The van der Waals surface area contributed by atoms with Crippen molar-refractivity contribution in [1.82, 2.24) is 14.8 Å². The summed E-state index contributed by atoms with van der Waals surface area (Å²) in [7, 11) is 0. The molecular formula is C23H28N4O. The van der Waals surface area contributed by atoms with Crippen LogP contribution in [0.15, 0.2) is 59.7 Å². The van der Waals surface area contributed by atoms with Gasteiger partial charge >= 0.3 is 0 Å². The second kappa shape index (κ2) is 8.67. The first kappa shape index (κ1) is 18.8. The van der Waals surface area contributed by atoms with Crippen LogP contribution < -0.4 is 0 Å². The summed E-state index contributed by atoms with van der Waals surface area (Å²) in [6.45, 7) is 8.18. The number of benzene rings is 2. The molecule has 4 rings (SSSR count). The van der Waals surface area contributed by atoms with Crippen LogP contribution in [0.4, 0.5) is 0 Å². The van der Waals surface area contributed by atoms with Crippen molar-refractivity contribution in [3.63, 3.8) is 0 Å². The Labute approximate surface area is 167 Å². The van der Waals surface area contributed by atoms with Crippen molar-refractivity contribution >= 4 is 11.6 Å². The molecule has 0 saturated carbocycles. The van der Waals surface area contributed by atoms with Gasteiger partial charge in [-0.15, -0.1) is 0 Å². The fourth-order valence-electron chi connectivity index (χ4n) is 3.88. The lowest BCUT2D eigenvalue weighted by atomic mass is 10.1. The Bertz CT molecular complexity index is 841. The van der Waals surface area contributed by atoms with Crippen LogP contribution >= 0.6 is 0 Å². The molecule has 0 radical (unpaired) electrons. The van der Waals surface area contributed by atoms with Crippen LogP contribution in [0.25, 0.3) is 0 Å². The monoisotopic (exact) mass is 376 g/mol. The van der Waals surface area contributed by atoms with Crippen LogP contribution in [0.3, 0.4) is 0 Å². The topological polar surface area (TPSA) is 39.1 Å². The summed E-state index contributed by atoms with van der Waals surface area (Å²) in [5, 5.41) is 6.22. The zero-order valence-corrected chi connectivity index (χ0v) is 16.6. The number of carbonyl (C=O) groups excluding carboxylic acids is 1. The molecule has 2 heterocycles. The van der Waals surface area contributed by atoms with Gasteiger partial charge in [0.2, 0.25) is 0 Å². The molecule has 0 aliphatic carbocycles. The van der Waals surface area contributed by atoms with E-state index < -0.39 is 0 Å². The Hall–Kier alpha value is -2.50. The van der Waals surface area contributed by atoms with Crippen molar-refractivity contribution in [1.29, 1.82) is 0 Å². The number of amides is 1. The van der Waals surface area contributed by atoms with Crippen molar-refractivity contribution in [3.05, 3.63) is 71.3 Å². The third-order valence-corrected chi connectivity index (χ3v) is 5.68. The molecule has 0 N–H and O–H groups in total. The van der Waals surface area contributed by atoms with E-state index in [2.05, 4.69) is 58.2 Å². The molecule has 28 heavy (non-hydrogen) atoms. The molecule has 0 aromatic heterocycles. The zero-order valence-electron chi connectivity index (χ0n) is 16.6. The Morgan fingerprint density at radius 1 is 0.893 bits per heavy atom. The van der Waals surface area contributed by atoms with Gasteiger partial charge in [-0.05, 0) is 23.6 Å². The van der Waals surface area contributed by atoms with E-state index in [1.54, 1.807) is 5.01 Å². The minimum absolute atomic E-state index is 0.110. The number of rotatable bonds is 5. The molecule has 1 saturated heterocycles. The van der Waals surface area contributed by atoms with E-state index in [0.29, 0.717) is 13.1 Å². The molecule has 0 unspecified atom stereocenters. The van der Waals surface area contributed by atoms with Crippen molar-refractivity contribution in [3.8, 4) is 0 Å². The first-order chi connectivity index (χ1) is 13.7. The van der Waals surface area contributed by atoms with Crippen molar-refractivity contribution < 1.29 is 4.79 Å². The lowest BCUT2D eigenvalue weighted by molar-refractivity contribution is -0.132. The van der Waals surface area contributed by atoms with E-state index in [1.807, 2.05) is 18.2 Å². The highest BCUT2D eigenvalue weighted by molar-refractivity contribution is 6.02.